The predicted octanol–water partition coefficient (Wildman–Crippen LogP) is 5.98. The molecule has 0 atom stereocenters. The average molecular weight is 650 g/mol. The molecule has 2 aromatic carbocycles. The summed E-state index contributed by atoms with van der Waals surface area (Å²) in [5.74, 6) is -1.84. The molecule has 4 aromatic rings. The lowest BCUT2D eigenvalue weighted by Crippen LogP contribution is -2.34. The summed E-state index contributed by atoms with van der Waals surface area (Å²) >= 11 is 6.15. The second-order valence-corrected chi connectivity index (χ2v) is 12.0. The monoisotopic (exact) mass is 649 g/mol. The minimum absolute atomic E-state index is 0.00280. The summed E-state index contributed by atoms with van der Waals surface area (Å²) in [6.07, 6.45) is -2.62. The Kier molecular flexibility index (Phi) is 7.39. The highest BCUT2D eigenvalue weighted by Gasteiger charge is 2.49. The van der Waals surface area contributed by atoms with Gasteiger partial charge in [-0.3, -0.25) is 19.6 Å². The van der Waals surface area contributed by atoms with E-state index >= 15 is 0 Å². The van der Waals surface area contributed by atoms with Crippen LogP contribution in [-0.2, 0) is 34.0 Å². The number of nitrogens with zero attached hydrogens (tertiary/aromatic N) is 4. The maximum atomic E-state index is 13.9. The number of aromatic nitrogens is 4. The Hall–Kier alpha value is -3.83. The highest BCUT2D eigenvalue weighted by molar-refractivity contribution is 8.18. The van der Waals surface area contributed by atoms with Crippen LogP contribution in [0.25, 0.3) is 16.5 Å². The number of alkyl halides is 6. The van der Waals surface area contributed by atoms with Crippen LogP contribution in [0.15, 0.2) is 59.9 Å². The van der Waals surface area contributed by atoms with Crippen LogP contribution in [-0.4, -0.2) is 49.1 Å². The van der Waals surface area contributed by atoms with Crippen LogP contribution < -0.4 is 0 Å². The number of fused-ring (bicyclic) bond motifs is 1. The van der Waals surface area contributed by atoms with E-state index in [0.29, 0.717) is 33.8 Å². The maximum Gasteiger partial charge on any atom is 0.517 e. The second-order valence-electron chi connectivity index (χ2n) is 8.81. The molecule has 0 unspecified atom stereocenters. The van der Waals surface area contributed by atoms with E-state index in [1.54, 1.807) is 6.07 Å². The summed E-state index contributed by atoms with van der Waals surface area (Å²) in [4.78, 5) is 30.2. The molecule has 0 aliphatic carbocycles. The Morgan fingerprint density at radius 2 is 1.79 bits per heavy atom. The Bertz CT molecular complexity index is 1880. The van der Waals surface area contributed by atoms with Gasteiger partial charge in [0.05, 0.1) is 28.7 Å². The third-order valence-corrected chi connectivity index (χ3v) is 8.88. The lowest BCUT2D eigenvalue weighted by molar-refractivity contribution is -0.138. The normalized spacial score (nSPS) is 16.1. The quantitative estimate of drug-likeness (QED) is 0.202. The molecule has 3 heterocycles. The summed E-state index contributed by atoms with van der Waals surface area (Å²) < 4.78 is 105. The van der Waals surface area contributed by atoms with Crippen molar-refractivity contribution >= 4 is 61.0 Å². The summed E-state index contributed by atoms with van der Waals surface area (Å²) in [6, 6.07) is 7.68. The van der Waals surface area contributed by atoms with Crippen LogP contribution in [0.4, 0.5) is 31.1 Å². The molecule has 1 N–H and O–H groups in total. The molecule has 1 saturated heterocycles. The number of carbonyl (C=O) groups is 2. The molecule has 18 heteroatoms. The zero-order valence-electron chi connectivity index (χ0n) is 20.5. The first-order chi connectivity index (χ1) is 19.6. The first-order valence-electron chi connectivity index (χ1n) is 11.5. The lowest BCUT2D eigenvalue weighted by Gasteiger charge is -2.17. The SMILES string of the molecule is O=C1S/C(=C(/Cc2ccc(Cl)cc2C(F)(F)F)c2ccc3[nH]ncc3c2)C(=O)N1Cc1nccn1S(=O)(=O)C(F)(F)F. The number of aromatic amines is 1. The fourth-order valence-electron chi connectivity index (χ4n) is 4.22. The number of H-pyrrole nitrogens is 1. The fourth-order valence-corrected chi connectivity index (χ4v) is 6.16. The lowest BCUT2D eigenvalue weighted by atomic mass is 9.93. The van der Waals surface area contributed by atoms with E-state index in [0.717, 1.165) is 18.3 Å². The van der Waals surface area contributed by atoms with Gasteiger partial charge >= 0.3 is 21.7 Å². The molecule has 42 heavy (non-hydrogen) atoms. The molecule has 9 nitrogen and oxygen atoms in total. The largest absolute Gasteiger partial charge is 0.517 e. The average Bonchev–Trinajstić information content (AvgIpc) is 3.63. The third-order valence-electron chi connectivity index (χ3n) is 6.19. The first-order valence-corrected chi connectivity index (χ1v) is 14.1. The van der Waals surface area contributed by atoms with Gasteiger partial charge < -0.3 is 0 Å². The van der Waals surface area contributed by atoms with E-state index in [9.17, 15) is 44.3 Å². The molecule has 5 rings (SSSR count). The van der Waals surface area contributed by atoms with Crippen LogP contribution >= 0.6 is 23.4 Å². The number of halogens is 7. The number of imide groups is 1. The number of hydrogen-bond acceptors (Lipinski definition) is 7. The smallest absolute Gasteiger partial charge is 0.278 e. The van der Waals surface area contributed by atoms with Crippen LogP contribution in [0.3, 0.4) is 0 Å². The van der Waals surface area contributed by atoms with Crippen LogP contribution in [0.1, 0.15) is 22.5 Å². The van der Waals surface area contributed by atoms with E-state index in [1.165, 1.54) is 24.4 Å². The van der Waals surface area contributed by atoms with E-state index in [-0.39, 0.29) is 30.6 Å². The van der Waals surface area contributed by atoms with E-state index in [2.05, 4.69) is 15.2 Å². The molecular formula is C24H14ClF6N5O4S2. The minimum Gasteiger partial charge on any atom is -0.278 e. The molecule has 1 aliphatic heterocycles. The van der Waals surface area contributed by atoms with Crippen molar-refractivity contribution in [2.75, 3.05) is 0 Å². The molecule has 0 bridgehead atoms. The van der Waals surface area contributed by atoms with Crippen molar-refractivity contribution in [3.05, 3.63) is 87.4 Å². The van der Waals surface area contributed by atoms with Gasteiger partial charge in [-0.2, -0.15) is 39.9 Å². The zero-order chi connectivity index (χ0) is 30.6. The van der Waals surface area contributed by atoms with Crippen LogP contribution in [0.5, 0.6) is 0 Å². The fraction of sp³-hybridized carbons (Fsp3) is 0.167. The van der Waals surface area contributed by atoms with Crippen molar-refractivity contribution in [1.82, 2.24) is 24.1 Å². The number of allylic oxidation sites excluding steroid dienone is 1. The van der Waals surface area contributed by atoms with Gasteiger partial charge in [-0.15, -0.1) is 0 Å². The highest BCUT2D eigenvalue weighted by atomic mass is 35.5. The van der Waals surface area contributed by atoms with Gasteiger partial charge in [-0.05, 0) is 59.1 Å². The minimum atomic E-state index is -5.93. The maximum absolute atomic E-state index is 13.9. The van der Waals surface area contributed by atoms with E-state index in [1.807, 2.05) is 0 Å². The van der Waals surface area contributed by atoms with Gasteiger partial charge in [-0.1, -0.05) is 23.7 Å². The molecule has 2 aromatic heterocycles. The Morgan fingerprint density at radius 3 is 2.48 bits per heavy atom. The number of amides is 2. The number of hydrogen-bond donors (Lipinski definition) is 1. The standard InChI is InChI=1S/C24H14ClF6N5O4S2/c25-15-3-1-13(17(9-15)23(26,27)28)8-16(12-2-4-18-14(7-12)10-33-34-18)20-21(37)35(22(38)41-20)11-19-32-5-6-36(19)42(39,40)24(29,30)31/h1-7,9-10H,8,11H2,(H,33,34)/b20-16-. The molecule has 1 fully saturated rings. The number of imidazole rings is 1. The van der Waals surface area contributed by atoms with Gasteiger partial charge in [0.2, 0.25) is 0 Å². The van der Waals surface area contributed by atoms with Crippen molar-refractivity contribution in [2.45, 2.75) is 24.7 Å². The van der Waals surface area contributed by atoms with Crippen molar-refractivity contribution in [1.29, 1.82) is 0 Å². The van der Waals surface area contributed by atoms with E-state index in [4.69, 9.17) is 11.6 Å². The Balaban J connectivity index is 1.61. The van der Waals surface area contributed by atoms with Gasteiger partial charge in [0.15, 0.2) is 0 Å². The zero-order valence-corrected chi connectivity index (χ0v) is 22.9. The first kappa shape index (κ1) is 29.7. The number of carbonyl (C=O) groups excluding carboxylic acids is 2. The van der Waals surface area contributed by atoms with Crippen molar-refractivity contribution in [2.24, 2.45) is 0 Å². The number of nitrogens with one attached hydrogen (secondary N) is 1. The van der Waals surface area contributed by atoms with Crippen molar-refractivity contribution < 1.29 is 44.3 Å². The van der Waals surface area contributed by atoms with Gasteiger partial charge in [-0.25, -0.2) is 8.96 Å². The molecule has 0 spiro atoms. The van der Waals surface area contributed by atoms with Crippen LogP contribution in [0, 0.1) is 0 Å². The number of thioether (sulfide) groups is 1. The molecule has 1 aliphatic rings. The Morgan fingerprint density at radius 1 is 1.05 bits per heavy atom. The number of rotatable bonds is 6. The number of benzene rings is 2. The third kappa shape index (κ3) is 5.38. The Labute approximate surface area is 241 Å². The topological polar surface area (TPSA) is 118 Å². The summed E-state index contributed by atoms with van der Waals surface area (Å²) in [6.45, 7) is -0.959. The molecule has 220 valence electrons. The molecule has 0 radical (unpaired) electrons. The van der Waals surface area contributed by atoms with Gasteiger partial charge in [0.1, 0.15) is 5.82 Å². The van der Waals surface area contributed by atoms with Gasteiger partial charge in [0.25, 0.3) is 11.1 Å². The summed E-state index contributed by atoms with van der Waals surface area (Å²) in [7, 11) is -5.93. The van der Waals surface area contributed by atoms with Gasteiger partial charge in [0, 0.05) is 22.8 Å². The molecule has 0 saturated carbocycles. The van der Waals surface area contributed by atoms with Crippen molar-refractivity contribution in [3.8, 4) is 0 Å². The predicted molar refractivity (Wildman–Crippen MR) is 139 cm³/mol. The highest BCUT2D eigenvalue weighted by Crippen LogP contribution is 2.42. The van der Waals surface area contributed by atoms with E-state index < -0.39 is 57.2 Å². The second kappa shape index (κ2) is 10.5. The summed E-state index contributed by atoms with van der Waals surface area (Å²) in [5, 5.41) is 5.96. The molecule has 2 amide bonds. The summed E-state index contributed by atoms with van der Waals surface area (Å²) in [5.41, 5.74) is -6.20. The van der Waals surface area contributed by atoms with Crippen molar-refractivity contribution in [3.63, 3.8) is 0 Å². The molecular weight excluding hydrogens is 636 g/mol. The van der Waals surface area contributed by atoms with Crippen LogP contribution in [0.2, 0.25) is 5.02 Å².